The summed E-state index contributed by atoms with van der Waals surface area (Å²) < 4.78 is 1.46. The molecule has 20 heavy (non-hydrogen) atoms. The summed E-state index contributed by atoms with van der Waals surface area (Å²) in [5.41, 5.74) is 1.77. The Morgan fingerprint density at radius 3 is 2.80 bits per heavy atom. The Morgan fingerprint density at radius 1 is 1.35 bits per heavy atom. The van der Waals surface area contributed by atoms with Gasteiger partial charge in [0.1, 0.15) is 10.3 Å². The minimum Gasteiger partial charge on any atom is -0.340 e. The molecule has 1 aliphatic carbocycles. The first kappa shape index (κ1) is 14.2. The molecule has 1 saturated carbocycles. The molecule has 0 saturated heterocycles. The van der Waals surface area contributed by atoms with Crippen LogP contribution in [0, 0.1) is 4.64 Å². The van der Waals surface area contributed by atoms with Gasteiger partial charge >= 0.3 is 0 Å². The first-order valence-electron chi connectivity index (χ1n) is 6.57. The molecule has 0 unspecified atom stereocenters. The Labute approximate surface area is 135 Å². The molecule has 1 N–H and O–H groups in total. The van der Waals surface area contributed by atoms with Crippen molar-refractivity contribution in [2.24, 2.45) is 0 Å². The second kappa shape index (κ2) is 5.92. The number of aromatic nitrogens is 3. The standard InChI is InChI=1S/C14H13BrClN3S/c15-10-11(8-4-1-2-5-8)18-13(19-14(10)20)12-9(16)6-3-7-17-12/h3,6-8H,1-2,4-5H2,(H,18,19,20). The first-order valence-corrected chi connectivity index (χ1v) is 8.15. The maximum Gasteiger partial charge on any atom is 0.159 e. The largest absolute Gasteiger partial charge is 0.340 e. The van der Waals surface area contributed by atoms with Gasteiger partial charge in [-0.05, 0) is 40.9 Å². The SMILES string of the molecule is S=c1nc(-c2ncccc2Cl)[nH]c(C2CCCC2)c1Br. The molecular formula is C14H13BrClN3S. The van der Waals surface area contributed by atoms with E-state index in [9.17, 15) is 0 Å². The predicted octanol–water partition coefficient (Wildman–Crippen LogP) is 5.27. The van der Waals surface area contributed by atoms with E-state index in [0.29, 0.717) is 27.1 Å². The summed E-state index contributed by atoms with van der Waals surface area (Å²) in [6.45, 7) is 0. The van der Waals surface area contributed by atoms with Gasteiger partial charge in [0.2, 0.25) is 0 Å². The number of hydrogen-bond acceptors (Lipinski definition) is 3. The van der Waals surface area contributed by atoms with E-state index in [0.717, 1.165) is 10.2 Å². The van der Waals surface area contributed by atoms with Gasteiger partial charge in [-0.3, -0.25) is 4.98 Å². The molecule has 3 rings (SSSR count). The molecule has 6 heteroatoms. The van der Waals surface area contributed by atoms with Gasteiger partial charge in [-0.25, -0.2) is 4.98 Å². The third-order valence-corrected chi connectivity index (χ3v) is 5.30. The highest BCUT2D eigenvalue weighted by molar-refractivity contribution is 9.10. The highest BCUT2D eigenvalue weighted by atomic mass is 79.9. The zero-order valence-electron chi connectivity index (χ0n) is 10.7. The predicted molar refractivity (Wildman–Crippen MR) is 86.6 cm³/mol. The van der Waals surface area contributed by atoms with Crippen LogP contribution in [0.1, 0.15) is 37.3 Å². The number of hydrogen-bond donors (Lipinski definition) is 1. The van der Waals surface area contributed by atoms with Gasteiger partial charge in [-0.15, -0.1) is 0 Å². The van der Waals surface area contributed by atoms with Gasteiger partial charge in [0, 0.05) is 17.8 Å². The first-order chi connectivity index (χ1) is 9.66. The summed E-state index contributed by atoms with van der Waals surface area (Å²) in [5, 5.41) is 0.574. The zero-order valence-corrected chi connectivity index (χ0v) is 13.9. The third-order valence-electron chi connectivity index (χ3n) is 3.64. The summed E-state index contributed by atoms with van der Waals surface area (Å²) >= 11 is 15.1. The van der Waals surface area contributed by atoms with E-state index in [4.69, 9.17) is 23.8 Å². The summed E-state index contributed by atoms with van der Waals surface area (Å²) in [6.07, 6.45) is 6.60. The number of rotatable bonds is 2. The molecule has 0 spiro atoms. The molecule has 2 aromatic heterocycles. The van der Waals surface area contributed by atoms with Crippen LogP contribution < -0.4 is 0 Å². The van der Waals surface area contributed by atoms with Crippen molar-refractivity contribution >= 4 is 39.7 Å². The van der Waals surface area contributed by atoms with E-state index in [1.165, 1.54) is 25.7 Å². The number of H-pyrrole nitrogens is 1. The Bertz CT molecular complexity index is 695. The lowest BCUT2D eigenvalue weighted by molar-refractivity contribution is 0.689. The van der Waals surface area contributed by atoms with Crippen molar-refractivity contribution in [3.8, 4) is 11.5 Å². The molecule has 0 bridgehead atoms. The van der Waals surface area contributed by atoms with Crippen LogP contribution in [0.5, 0.6) is 0 Å². The van der Waals surface area contributed by atoms with Crippen molar-refractivity contribution in [3.63, 3.8) is 0 Å². The van der Waals surface area contributed by atoms with Crippen LogP contribution in [0.15, 0.2) is 22.8 Å². The lowest BCUT2D eigenvalue weighted by Gasteiger charge is -2.14. The molecular weight excluding hydrogens is 358 g/mol. The van der Waals surface area contributed by atoms with Crippen LogP contribution in [0.2, 0.25) is 5.02 Å². The Kier molecular flexibility index (Phi) is 4.19. The quantitative estimate of drug-likeness (QED) is 0.732. The topological polar surface area (TPSA) is 41.6 Å². The van der Waals surface area contributed by atoms with Gasteiger partial charge in [-0.1, -0.05) is 36.7 Å². The van der Waals surface area contributed by atoms with Gasteiger partial charge in [0.25, 0.3) is 0 Å². The van der Waals surface area contributed by atoms with Crippen LogP contribution >= 0.6 is 39.7 Å². The van der Waals surface area contributed by atoms with Crippen molar-refractivity contribution < 1.29 is 0 Å². The van der Waals surface area contributed by atoms with Crippen LogP contribution in [-0.4, -0.2) is 15.0 Å². The number of nitrogens with zero attached hydrogens (tertiary/aromatic N) is 2. The van der Waals surface area contributed by atoms with E-state index in [1.54, 1.807) is 18.3 Å². The van der Waals surface area contributed by atoms with E-state index >= 15 is 0 Å². The van der Waals surface area contributed by atoms with Crippen molar-refractivity contribution in [3.05, 3.63) is 38.2 Å². The second-order valence-corrected chi connectivity index (χ2v) is 6.52. The molecule has 1 fully saturated rings. The molecule has 3 nitrogen and oxygen atoms in total. The summed E-state index contributed by atoms with van der Waals surface area (Å²) in [6, 6.07) is 3.61. The van der Waals surface area contributed by atoms with Crippen LogP contribution in [0.4, 0.5) is 0 Å². The monoisotopic (exact) mass is 369 g/mol. The van der Waals surface area contributed by atoms with Crippen molar-refractivity contribution in [1.82, 2.24) is 15.0 Å². The van der Waals surface area contributed by atoms with Crippen LogP contribution in [-0.2, 0) is 0 Å². The minimum absolute atomic E-state index is 0.510. The molecule has 0 aliphatic heterocycles. The Balaban J connectivity index is 2.14. The number of pyridine rings is 1. The summed E-state index contributed by atoms with van der Waals surface area (Å²) in [5.74, 6) is 1.15. The van der Waals surface area contributed by atoms with Gasteiger partial charge in [0.05, 0.1) is 9.50 Å². The Hall–Kier alpha value is -0.780. The van der Waals surface area contributed by atoms with Gasteiger partial charge in [0.15, 0.2) is 5.82 Å². The summed E-state index contributed by atoms with van der Waals surface area (Å²) in [4.78, 5) is 12.1. The molecule has 1 aliphatic rings. The van der Waals surface area contributed by atoms with Crippen molar-refractivity contribution in [2.75, 3.05) is 0 Å². The highest BCUT2D eigenvalue weighted by Gasteiger charge is 2.22. The Morgan fingerprint density at radius 2 is 2.10 bits per heavy atom. The lowest BCUT2D eigenvalue weighted by atomic mass is 10.0. The van der Waals surface area contributed by atoms with Crippen molar-refractivity contribution in [2.45, 2.75) is 31.6 Å². The van der Waals surface area contributed by atoms with E-state index in [1.807, 2.05) is 0 Å². The molecule has 2 heterocycles. The van der Waals surface area contributed by atoms with Gasteiger partial charge in [-0.2, -0.15) is 0 Å². The molecule has 2 aromatic rings. The maximum atomic E-state index is 6.19. The fraction of sp³-hybridized carbons (Fsp3) is 0.357. The maximum absolute atomic E-state index is 6.19. The number of halogens is 2. The van der Waals surface area contributed by atoms with Gasteiger partial charge < -0.3 is 4.98 Å². The van der Waals surface area contributed by atoms with Crippen molar-refractivity contribution in [1.29, 1.82) is 0 Å². The number of nitrogens with one attached hydrogen (secondary N) is 1. The molecule has 0 amide bonds. The number of aromatic amines is 1. The van der Waals surface area contributed by atoms with Crippen LogP contribution in [0.3, 0.4) is 0 Å². The average Bonchev–Trinajstić information content (AvgIpc) is 2.96. The molecule has 104 valence electrons. The minimum atomic E-state index is 0.510. The van der Waals surface area contributed by atoms with Crippen LogP contribution in [0.25, 0.3) is 11.5 Å². The molecule has 0 aromatic carbocycles. The normalized spacial score (nSPS) is 15.7. The second-order valence-electron chi connectivity index (χ2n) is 4.93. The molecule has 0 atom stereocenters. The average molecular weight is 371 g/mol. The molecule has 0 radical (unpaired) electrons. The van der Waals surface area contributed by atoms with E-state index in [2.05, 4.69) is 30.9 Å². The highest BCUT2D eigenvalue weighted by Crippen LogP contribution is 2.37. The fourth-order valence-corrected chi connectivity index (χ4v) is 3.57. The van der Waals surface area contributed by atoms with E-state index in [-0.39, 0.29) is 0 Å². The van der Waals surface area contributed by atoms with E-state index < -0.39 is 0 Å². The zero-order chi connectivity index (χ0) is 14.1. The smallest absolute Gasteiger partial charge is 0.159 e. The lowest BCUT2D eigenvalue weighted by Crippen LogP contribution is -2.03. The third kappa shape index (κ3) is 2.67. The summed E-state index contributed by atoms with van der Waals surface area (Å²) in [7, 11) is 0. The fourth-order valence-electron chi connectivity index (χ4n) is 2.64.